The fourth-order valence-corrected chi connectivity index (χ4v) is 2.74. The molecule has 0 unspecified atom stereocenters. The number of ether oxygens (including phenoxy) is 7. The van der Waals surface area contributed by atoms with Gasteiger partial charge in [0.2, 0.25) is 0 Å². The molecule has 0 aromatic heterocycles. The van der Waals surface area contributed by atoms with Crippen molar-refractivity contribution in [2.24, 2.45) is 0 Å². The lowest BCUT2D eigenvalue weighted by molar-refractivity contribution is -0.393. The first-order chi connectivity index (χ1) is 17.9. The summed E-state index contributed by atoms with van der Waals surface area (Å²) < 4.78 is 37.8. The molecule has 0 aliphatic rings. The van der Waals surface area contributed by atoms with Gasteiger partial charge in [-0.25, -0.2) is 0 Å². The summed E-state index contributed by atoms with van der Waals surface area (Å²) in [5, 5.41) is 24.7. The minimum absolute atomic E-state index is 0.192. The van der Waals surface area contributed by atoms with Crippen molar-refractivity contribution in [1.29, 1.82) is 0 Å². The Balaban J connectivity index is 1.85. The summed E-state index contributed by atoms with van der Waals surface area (Å²) in [4.78, 5) is 20.5. The van der Waals surface area contributed by atoms with Crippen molar-refractivity contribution < 1.29 is 43.0 Å². The van der Waals surface area contributed by atoms with E-state index in [2.05, 4.69) is 5.32 Å². The predicted molar refractivity (Wildman–Crippen MR) is 134 cm³/mol. The van der Waals surface area contributed by atoms with E-state index in [0.717, 1.165) is 6.07 Å². The van der Waals surface area contributed by atoms with Gasteiger partial charge in [-0.3, -0.25) is 20.2 Å². The molecule has 0 bridgehead atoms. The maximum absolute atomic E-state index is 11.1. The molecule has 14 heteroatoms. The van der Waals surface area contributed by atoms with Gasteiger partial charge >= 0.3 is 0 Å². The number of hydrogen-bond acceptors (Lipinski definition) is 12. The van der Waals surface area contributed by atoms with Crippen LogP contribution in [0.3, 0.4) is 0 Å². The second-order valence-corrected chi connectivity index (χ2v) is 7.74. The Kier molecular flexibility index (Phi) is 19.0. The summed E-state index contributed by atoms with van der Waals surface area (Å²) in [5.74, 6) is 0. The Morgan fingerprint density at radius 3 is 1.51 bits per heavy atom. The lowest BCUT2D eigenvalue weighted by atomic mass is 10.2. The molecule has 37 heavy (non-hydrogen) atoms. The molecule has 14 nitrogen and oxygen atoms in total. The quantitative estimate of drug-likeness (QED) is 0.111. The van der Waals surface area contributed by atoms with Gasteiger partial charge in [0.25, 0.3) is 11.4 Å². The number of non-ortho nitro benzene ring substituents is 1. The van der Waals surface area contributed by atoms with Gasteiger partial charge in [-0.2, -0.15) is 0 Å². The Hall–Kier alpha value is -2.46. The highest BCUT2D eigenvalue weighted by Crippen LogP contribution is 2.28. The Bertz CT molecular complexity index is 753. The van der Waals surface area contributed by atoms with Crippen molar-refractivity contribution in [3.63, 3.8) is 0 Å². The van der Waals surface area contributed by atoms with Crippen molar-refractivity contribution >= 4 is 17.1 Å². The molecule has 0 spiro atoms. The fraction of sp³-hybridized carbons (Fsp3) is 0.739. The summed E-state index contributed by atoms with van der Waals surface area (Å²) in [6.45, 7) is 10.2. The van der Waals surface area contributed by atoms with Crippen LogP contribution in [0.2, 0.25) is 0 Å². The van der Waals surface area contributed by atoms with Crippen molar-refractivity contribution in [1.82, 2.24) is 0 Å². The van der Waals surface area contributed by atoms with Gasteiger partial charge in [-0.1, -0.05) is 0 Å². The van der Waals surface area contributed by atoms with Crippen molar-refractivity contribution in [2.75, 3.05) is 97.8 Å². The zero-order valence-electron chi connectivity index (χ0n) is 21.6. The number of rotatable bonds is 25. The van der Waals surface area contributed by atoms with Crippen molar-refractivity contribution in [2.45, 2.75) is 20.0 Å². The van der Waals surface area contributed by atoms with Crippen LogP contribution in [-0.4, -0.2) is 108 Å². The lowest BCUT2D eigenvalue weighted by Gasteiger charge is -2.09. The van der Waals surface area contributed by atoms with E-state index in [1.807, 2.05) is 13.8 Å². The van der Waals surface area contributed by atoms with E-state index in [1.54, 1.807) is 0 Å². The van der Waals surface area contributed by atoms with Gasteiger partial charge in [-0.15, -0.1) is 0 Å². The fourth-order valence-electron chi connectivity index (χ4n) is 2.74. The monoisotopic (exact) mass is 533 g/mol. The highest BCUT2D eigenvalue weighted by molar-refractivity contribution is 5.65. The van der Waals surface area contributed by atoms with Crippen LogP contribution in [0.15, 0.2) is 18.2 Å². The van der Waals surface area contributed by atoms with Gasteiger partial charge < -0.3 is 38.5 Å². The highest BCUT2D eigenvalue weighted by Gasteiger charge is 2.18. The van der Waals surface area contributed by atoms with Crippen LogP contribution in [0.4, 0.5) is 17.1 Å². The molecule has 0 amide bonds. The van der Waals surface area contributed by atoms with Crippen molar-refractivity contribution in [3.8, 4) is 0 Å². The second kappa shape index (κ2) is 21.6. The van der Waals surface area contributed by atoms with E-state index in [0.29, 0.717) is 85.8 Å². The van der Waals surface area contributed by atoms with Crippen LogP contribution in [0.1, 0.15) is 13.8 Å². The van der Waals surface area contributed by atoms with E-state index in [-0.39, 0.29) is 29.8 Å². The maximum Gasteiger partial charge on any atom is 0.299 e. The van der Waals surface area contributed by atoms with Crippen molar-refractivity contribution in [3.05, 3.63) is 38.4 Å². The molecule has 0 aliphatic carbocycles. The number of nitrogens with one attached hydrogen (secondary N) is 1. The smallest absolute Gasteiger partial charge is 0.299 e. The van der Waals surface area contributed by atoms with Crippen LogP contribution < -0.4 is 5.32 Å². The summed E-state index contributed by atoms with van der Waals surface area (Å²) in [5.41, 5.74) is -0.508. The molecule has 1 aromatic rings. The van der Waals surface area contributed by atoms with Gasteiger partial charge in [0.1, 0.15) is 5.69 Å². The number of hydrogen-bond donors (Lipinski definition) is 1. The summed E-state index contributed by atoms with van der Waals surface area (Å²) >= 11 is 0. The standard InChI is InChI=1S/C23H39N3O11/c1-20(2)37-18-17-36-16-15-35-14-13-34-12-11-33-10-9-32-8-7-31-6-5-24-22-4-3-21(25(27)28)19-23(22)26(29)30/h3-4,19-20,24H,5-18H2,1-2H3. The van der Waals surface area contributed by atoms with Gasteiger partial charge in [-0.05, 0) is 19.9 Å². The first-order valence-corrected chi connectivity index (χ1v) is 12.2. The van der Waals surface area contributed by atoms with E-state index < -0.39 is 9.85 Å². The van der Waals surface area contributed by atoms with Crippen LogP contribution in [0, 0.1) is 20.2 Å². The van der Waals surface area contributed by atoms with E-state index >= 15 is 0 Å². The molecule has 0 heterocycles. The molecule has 0 radical (unpaired) electrons. The largest absolute Gasteiger partial charge is 0.377 e. The number of nitro groups is 2. The molecule has 0 aliphatic heterocycles. The summed E-state index contributed by atoms with van der Waals surface area (Å²) in [7, 11) is 0. The normalized spacial score (nSPS) is 11.2. The summed E-state index contributed by atoms with van der Waals surface area (Å²) in [6, 6.07) is 3.43. The van der Waals surface area contributed by atoms with Gasteiger partial charge in [0, 0.05) is 12.6 Å². The molecule has 212 valence electrons. The molecule has 0 saturated carbocycles. The number of nitro benzene ring substituents is 2. The molecular formula is C23H39N3O11. The first-order valence-electron chi connectivity index (χ1n) is 12.2. The minimum Gasteiger partial charge on any atom is -0.377 e. The Labute approximate surface area is 216 Å². The third-order valence-electron chi connectivity index (χ3n) is 4.49. The third-order valence-corrected chi connectivity index (χ3v) is 4.49. The molecule has 1 rings (SSSR count). The van der Waals surface area contributed by atoms with Crippen LogP contribution in [0.5, 0.6) is 0 Å². The maximum atomic E-state index is 11.1. The lowest BCUT2D eigenvalue weighted by Crippen LogP contribution is -2.15. The zero-order chi connectivity index (χ0) is 27.1. The first kappa shape index (κ1) is 32.6. The molecule has 0 saturated heterocycles. The van der Waals surface area contributed by atoms with E-state index in [4.69, 9.17) is 33.2 Å². The second-order valence-electron chi connectivity index (χ2n) is 7.74. The SMILES string of the molecule is CC(C)OCCOCCOCCOCCOCCOCCOCCNc1ccc([N+](=O)[O-])cc1[N+](=O)[O-]. The van der Waals surface area contributed by atoms with E-state index in [1.165, 1.54) is 12.1 Å². The zero-order valence-corrected chi connectivity index (χ0v) is 21.6. The average Bonchev–Trinajstić information content (AvgIpc) is 2.86. The number of benzene rings is 1. The van der Waals surface area contributed by atoms with Crippen LogP contribution in [-0.2, 0) is 33.2 Å². The predicted octanol–water partition coefficient (Wildman–Crippen LogP) is 2.44. The highest BCUT2D eigenvalue weighted by atomic mass is 16.6. The molecule has 1 aromatic carbocycles. The Morgan fingerprint density at radius 1 is 0.676 bits per heavy atom. The van der Waals surface area contributed by atoms with Crippen LogP contribution in [0.25, 0.3) is 0 Å². The minimum atomic E-state index is -0.679. The molecule has 0 fully saturated rings. The number of anilines is 1. The number of nitrogens with zero attached hydrogens (tertiary/aromatic N) is 2. The van der Waals surface area contributed by atoms with E-state index in [9.17, 15) is 20.2 Å². The van der Waals surface area contributed by atoms with Gasteiger partial charge in [0.15, 0.2) is 0 Å². The van der Waals surface area contributed by atoms with Crippen LogP contribution >= 0.6 is 0 Å². The average molecular weight is 534 g/mol. The summed E-state index contributed by atoms with van der Waals surface area (Å²) in [6.07, 6.45) is 0.212. The third kappa shape index (κ3) is 17.6. The Morgan fingerprint density at radius 2 is 1.11 bits per heavy atom. The molecular weight excluding hydrogens is 494 g/mol. The molecule has 1 N–H and O–H groups in total. The van der Waals surface area contributed by atoms with Gasteiger partial charge in [0.05, 0.1) is 108 Å². The molecule has 0 atom stereocenters. The topological polar surface area (TPSA) is 163 Å².